The average Bonchev–Trinajstić information content (AvgIpc) is 3.77. The normalized spacial score (nSPS) is 14.0. The van der Waals surface area contributed by atoms with Crippen LogP contribution in [0.15, 0.2) is 164 Å². The Morgan fingerprint density at radius 2 is 0.917 bits per heavy atom. The summed E-state index contributed by atoms with van der Waals surface area (Å²) in [5.41, 5.74) is 19.4. The zero-order chi connectivity index (χ0) is 31.1. The second kappa shape index (κ2) is 8.59. The van der Waals surface area contributed by atoms with Crippen LogP contribution in [0.1, 0.15) is 22.3 Å². The molecule has 0 saturated carbocycles. The summed E-state index contributed by atoms with van der Waals surface area (Å²) in [5, 5.41) is 5.28. The zero-order valence-electron chi connectivity index (χ0n) is 26.0. The first kappa shape index (κ1) is 25.0. The molecular weight excluding hydrogens is 579 g/mol. The molecule has 2 aliphatic carbocycles. The lowest BCUT2D eigenvalue weighted by atomic mass is 9.65. The molecule has 8 aromatic carbocycles. The predicted molar refractivity (Wildman–Crippen MR) is 199 cm³/mol. The van der Waals surface area contributed by atoms with Gasteiger partial charge in [-0.25, -0.2) is 0 Å². The molecule has 0 radical (unpaired) electrons. The van der Waals surface area contributed by atoms with Crippen molar-refractivity contribution in [2.75, 3.05) is 0 Å². The molecule has 48 heavy (non-hydrogen) atoms. The van der Waals surface area contributed by atoms with Crippen LogP contribution in [0.3, 0.4) is 0 Å². The quantitative estimate of drug-likeness (QED) is 0.175. The summed E-state index contributed by atoms with van der Waals surface area (Å²) >= 11 is 0. The Morgan fingerprint density at radius 1 is 0.354 bits per heavy atom. The molecule has 0 saturated heterocycles. The Kier molecular flexibility index (Phi) is 4.47. The molecule has 0 atom stereocenters. The summed E-state index contributed by atoms with van der Waals surface area (Å²) in [6.07, 6.45) is 0. The smallest absolute Gasteiger partial charge is 0.0754 e. The van der Waals surface area contributed by atoms with Crippen LogP contribution in [-0.2, 0) is 5.41 Å². The van der Waals surface area contributed by atoms with Crippen molar-refractivity contribution in [3.8, 4) is 50.2 Å². The van der Waals surface area contributed by atoms with Crippen molar-refractivity contribution >= 4 is 32.6 Å². The molecule has 220 valence electrons. The van der Waals surface area contributed by atoms with Crippen LogP contribution < -0.4 is 0 Å². The van der Waals surface area contributed by atoms with Crippen LogP contribution in [0.25, 0.3) is 82.8 Å². The van der Waals surface area contributed by atoms with E-state index in [-0.39, 0.29) is 5.41 Å². The lowest BCUT2D eigenvalue weighted by Gasteiger charge is -2.39. The molecular formula is C47H27N. The maximum absolute atomic E-state index is 2.54. The molecule has 0 unspecified atom stereocenters. The molecule has 2 heterocycles. The van der Waals surface area contributed by atoms with E-state index in [2.05, 4.69) is 168 Å². The van der Waals surface area contributed by atoms with Gasteiger partial charge in [-0.2, -0.15) is 0 Å². The van der Waals surface area contributed by atoms with Crippen LogP contribution in [0.5, 0.6) is 0 Å². The molecule has 0 amide bonds. The van der Waals surface area contributed by atoms with Crippen LogP contribution in [0.4, 0.5) is 0 Å². The van der Waals surface area contributed by atoms with Gasteiger partial charge in [0.15, 0.2) is 0 Å². The van der Waals surface area contributed by atoms with E-state index in [1.807, 2.05) is 0 Å². The number of hydrogen-bond acceptors (Lipinski definition) is 0. The number of nitrogens with zero attached hydrogens (tertiary/aromatic N) is 1. The first-order valence-corrected chi connectivity index (χ1v) is 16.9. The maximum atomic E-state index is 2.54. The van der Waals surface area contributed by atoms with Gasteiger partial charge >= 0.3 is 0 Å². The number of rotatable bonds is 1. The highest BCUT2D eigenvalue weighted by atomic mass is 15.0. The number of aromatic nitrogens is 1. The minimum Gasteiger partial charge on any atom is -0.309 e. The Balaban J connectivity index is 1.18. The van der Waals surface area contributed by atoms with Gasteiger partial charge in [-0.3, -0.25) is 0 Å². The molecule has 0 fully saturated rings. The summed E-state index contributed by atoms with van der Waals surface area (Å²) < 4.78 is 2.54. The van der Waals surface area contributed by atoms with Crippen molar-refractivity contribution in [3.63, 3.8) is 0 Å². The van der Waals surface area contributed by atoms with E-state index in [1.165, 1.54) is 105 Å². The fraction of sp³-hybridized carbons (Fsp3) is 0.0213. The first-order chi connectivity index (χ1) is 23.8. The van der Waals surface area contributed by atoms with Crippen molar-refractivity contribution in [1.82, 2.24) is 4.57 Å². The minimum atomic E-state index is -0.386. The van der Waals surface area contributed by atoms with Gasteiger partial charge in [0.2, 0.25) is 0 Å². The molecule has 1 spiro atoms. The van der Waals surface area contributed by atoms with Crippen LogP contribution in [0, 0.1) is 0 Å². The fourth-order valence-electron chi connectivity index (χ4n) is 9.80. The van der Waals surface area contributed by atoms with Gasteiger partial charge in [0.25, 0.3) is 0 Å². The second-order valence-corrected chi connectivity index (χ2v) is 13.6. The van der Waals surface area contributed by atoms with Gasteiger partial charge in [0, 0.05) is 10.8 Å². The summed E-state index contributed by atoms with van der Waals surface area (Å²) in [6.45, 7) is 0. The minimum absolute atomic E-state index is 0.386. The highest BCUT2D eigenvalue weighted by Crippen LogP contribution is 2.61. The van der Waals surface area contributed by atoms with Crippen molar-refractivity contribution in [2.24, 2.45) is 0 Å². The van der Waals surface area contributed by atoms with Gasteiger partial charge in [-0.15, -0.1) is 0 Å². The number of benzene rings is 8. The highest BCUT2D eigenvalue weighted by molar-refractivity contribution is 6.20. The van der Waals surface area contributed by atoms with E-state index >= 15 is 0 Å². The van der Waals surface area contributed by atoms with E-state index in [9.17, 15) is 0 Å². The number of fused-ring (bicyclic) bond motifs is 15. The Bertz CT molecular complexity index is 2830. The van der Waals surface area contributed by atoms with E-state index in [0.29, 0.717) is 0 Å². The summed E-state index contributed by atoms with van der Waals surface area (Å²) in [7, 11) is 0. The molecule has 1 aliphatic heterocycles. The van der Waals surface area contributed by atoms with Crippen molar-refractivity contribution in [2.45, 2.75) is 5.41 Å². The topological polar surface area (TPSA) is 4.93 Å². The van der Waals surface area contributed by atoms with Gasteiger partial charge in [0.05, 0.1) is 22.1 Å². The fourth-order valence-corrected chi connectivity index (χ4v) is 9.80. The van der Waals surface area contributed by atoms with E-state index in [0.717, 1.165) is 0 Å². The van der Waals surface area contributed by atoms with Crippen molar-refractivity contribution in [1.29, 1.82) is 0 Å². The summed E-state index contributed by atoms with van der Waals surface area (Å²) in [4.78, 5) is 0. The average molecular weight is 606 g/mol. The van der Waals surface area contributed by atoms with Crippen LogP contribution in [-0.4, -0.2) is 4.57 Å². The van der Waals surface area contributed by atoms with Crippen molar-refractivity contribution in [3.05, 3.63) is 186 Å². The summed E-state index contributed by atoms with van der Waals surface area (Å²) in [5.74, 6) is 0. The van der Waals surface area contributed by atoms with Crippen molar-refractivity contribution < 1.29 is 0 Å². The molecule has 12 rings (SSSR count). The second-order valence-electron chi connectivity index (χ2n) is 13.6. The van der Waals surface area contributed by atoms with E-state index in [4.69, 9.17) is 0 Å². The molecule has 1 nitrogen and oxygen atoms in total. The third-order valence-corrected chi connectivity index (χ3v) is 11.6. The lowest BCUT2D eigenvalue weighted by molar-refractivity contribution is 0.748. The van der Waals surface area contributed by atoms with E-state index in [1.54, 1.807) is 0 Å². The third kappa shape index (κ3) is 2.75. The Morgan fingerprint density at radius 3 is 1.69 bits per heavy atom. The molecule has 1 aromatic heterocycles. The molecule has 3 aliphatic rings. The standard InChI is InChI=1S/C47H27N/c1-2-12-31-30(11-1)35-16-9-15-34-29(24-25-36(31)45(34)35)28-23-26-43-38(27-28)37-17-10-21-42-46(37)48(43)44-22-8-7-20-41(44)47(42)39-18-5-3-13-32(39)33-14-4-6-19-40(33)47/h1-27H. The zero-order valence-corrected chi connectivity index (χ0v) is 26.0. The predicted octanol–water partition coefficient (Wildman–Crippen LogP) is 11.9. The van der Waals surface area contributed by atoms with Gasteiger partial charge < -0.3 is 4.57 Å². The third-order valence-electron chi connectivity index (χ3n) is 11.6. The van der Waals surface area contributed by atoms with E-state index < -0.39 is 0 Å². The molecule has 0 N–H and O–H groups in total. The number of hydrogen-bond donors (Lipinski definition) is 0. The maximum Gasteiger partial charge on any atom is 0.0754 e. The van der Waals surface area contributed by atoms with Crippen LogP contribution in [0.2, 0.25) is 0 Å². The molecule has 1 heteroatoms. The number of para-hydroxylation sites is 2. The van der Waals surface area contributed by atoms with Crippen LogP contribution >= 0.6 is 0 Å². The molecule has 0 bridgehead atoms. The van der Waals surface area contributed by atoms with Gasteiger partial charge in [-0.1, -0.05) is 146 Å². The van der Waals surface area contributed by atoms with Gasteiger partial charge in [0.1, 0.15) is 0 Å². The lowest BCUT2D eigenvalue weighted by Crippen LogP contribution is -2.33. The molecule has 9 aromatic rings. The SMILES string of the molecule is c1ccc2c(c1)-c1cccc3c(-c4ccc5c(c4)c4cccc6c4n5-c4ccccc4C64c5ccccc5-c5ccccc54)ccc-2c13. The Labute approximate surface area is 278 Å². The monoisotopic (exact) mass is 605 g/mol. The Hall–Kier alpha value is -6.18. The highest BCUT2D eigenvalue weighted by Gasteiger charge is 2.50. The van der Waals surface area contributed by atoms with Gasteiger partial charge in [-0.05, 0) is 95.7 Å². The summed E-state index contributed by atoms with van der Waals surface area (Å²) in [6, 6.07) is 61.6. The first-order valence-electron chi connectivity index (χ1n) is 16.9. The largest absolute Gasteiger partial charge is 0.309 e.